The number of hydrogen-bond donors (Lipinski definition) is 3. The molecule has 0 bridgehead atoms. The highest BCUT2D eigenvalue weighted by Crippen LogP contribution is 2.24. The molecule has 6 heteroatoms. The lowest BCUT2D eigenvalue weighted by Gasteiger charge is -2.15. The normalized spacial score (nSPS) is 11.7. The lowest BCUT2D eigenvalue weighted by Crippen LogP contribution is -2.42. The first kappa shape index (κ1) is 15.4. The van der Waals surface area contributed by atoms with Gasteiger partial charge in [-0.05, 0) is 24.8 Å². The largest absolute Gasteiger partial charge is 0.480 e. The third-order valence-electron chi connectivity index (χ3n) is 2.54. The SMILES string of the molecule is CCCC(NC(=O)Nc1ccccc1SC)C(=O)O. The highest BCUT2D eigenvalue weighted by molar-refractivity contribution is 7.98. The molecule has 19 heavy (non-hydrogen) atoms. The van der Waals surface area contributed by atoms with Crippen molar-refractivity contribution in [1.82, 2.24) is 5.32 Å². The number of thioether (sulfide) groups is 1. The quantitative estimate of drug-likeness (QED) is 0.701. The maximum absolute atomic E-state index is 11.8. The minimum Gasteiger partial charge on any atom is -0.480 e. The maximum Gasteiger partial charge on any atom is 0.326 e. The van der Waals surface area contributed by atoms with Gasteiger partial charge < -0.3 is 15.7 Å². The van der Waals surface area contributed by atoms with Crippen LogP contribution in [0.1, 0.15) is 19.8 Å². The third-order valence-corrected chi connectivity index (χ3v) is 3.33. The Morgan fingerprint density at radius 1 is 1.37 bits per heavy atom. The molecule has 5 nitrogen and oxygen atoms in total. The van der Waals surface area contributed by atoms with E-state index in [1.165, 1.54) is 11.8 Å². The van der Waals surface area contributed by atoms with E-state index in [2.05, 4.69) is 10.6 Å². The van der Waals surface area contributed by atoms with Crippen molar-refractivity contribution in [2.75, 3.05) is 11.6 Å². The standard InChI is InChI=1S/C13H18N2O3S/c1-3-6-10(12(16)17)15-13(18)14-9-7-4-5-8-11(9)19-2/h4-5,7-8,10H,3,6H2,1-2H3,(H,16,17)(H2,14,15,18). The zero-order chi connectivity index (χ0) is 14.3. The van der Waals surface area contributed by atoms with E-state index in [0.29, 0.717) is 18.5 Å². The van der Waals surface area contributed by atoms with Crippen LogP contribution in [0.15, 0.2) is 29.2 Å². The van der Waals surface area contributed by atoms with Crippen LogP contribution in [-0.4, -0.2) is 29.4 Å². The van der Waals surface area contributed by atoms with Gasteiger partial charge in [-0.2, -0.15) is 0 Å². The number of carbonyl (C=O) groups excluding carboxylic acids is 1. The molecule has 0 heterocycles. The molecule has 0 aliphatic carbocycles. The lowest BCUT2D eigenvalue weighted by atomic mass is 10.2. The molecule has 2 amide bonds. The fraction of sp³-hybridized carbons (Fsp3) is 0.385. The van der Waals surface area contributed by atoms with Gasteiger partial charge in [-0.1, -0.05) is 25.5 Å². The molecule has 1 rings (SSSR count). The summed E-state index contributed by atoms with van der Waals surface area (Å²) in [6.07, 6.45) is 3.02. The lowest BCUT2D eigenvalue weighted by molar-refractivity contribution is -0.139. The second-order valence-corrected chi connectivity index (χ2v) is 4.83. The van der Waals surface area contributed by atoms with Gasteiger partial charge in [-0.25, -0.2) is 9.59 Å². The molecule has 104 valence electrons. The van der Waals surface area contributed by atoms with E-state index in [1.807, 2.05) is 31.4 Å². The number of carbonyl (C=O) groups is 2. The van der Waals surface area contributed by atoms with Crippen LogP contribution < -0.4 is 10.6 Å². The van der Waals surface area contributed by atoms with Crippen LogP contribution in [0.25, 0.3) is 0 Å². The van der Waals surface area contributed by atoms with Crippen molar-refractivity contribution < 1.29 is 14.7 Å². The van der Waals surface area contributed by atoms with Crippen LogP contribution in [0.3, 0.4) is 0 Å². The minimum atomic E-state index is -1.02. The maximum atomic E-state index is 11.8. The third kappa shape index (κ3) is 4.82. The van der Waals surface area contributed by atoms with E-state index >= 15 is 0 Å². The van der Waals surface area contributed by atoms with Crippen LogP contribution in [0.5, 0.6) is 0 Å². The second-order valence-electron chi connectivity index (χ2n) is 3.98. The summed E-state index contributed by atoms with van der Waals surface area (Å²) in [7, 11) is 0. The Morgan fingerprint density at radius 2 is 2.05 bits per heavy atom. The molecular weight excluding hydrogens is 264 g/mol. The summed E-state index contributed by atoms with van der Waals surface area (Å²) in [5.74, 6) is -1.02. The molecule has 0 aromatic heterocycles. The average Bonchev–Trinajstić information content (AvgIpc) is 2.38. The van der Waals surface area contributed by atoms with Crippen LogP contribution in [0.4, 0.5) is 10.5 Å². The van der Waals surface area contributed by atoms with Gasteiger partial charge in [-0.3, -0.25) is 0 Å². The molecule has 0 saturated heterocycles. The van der Waals surface area contributed by atoms with Gasteiger partial charge in [0.05, 0.1) is 5.69 Å². The molecule has 0 saturated carbocycles. The van der Waals surface area contributed by atoms with Crippen LogP contribution in [0.2, 0.25) is 0 Å². The first-order valence-electron chi connectivity index (χ1n) is 6.01. The Morgan fingerprint density at radius 3 is 2.63 bits per heavy atom. The Kier molecular flexibility index (Phi) is 6.21. The summed E-state index contributed by atoms with van der Waals surface area (Å²) in [6.45, 7) is 1.87. The number of nitrogens with one attached hydrogen (secondary N) is 2. The van der Waals surface area contributed by atoms with E-state index in [0.717, 1.165) is 4.90 Å². The zero-order valence-electron chi connectivity index (χ0n) is 11.0. The molecule has 1 unspecified atom stereocenters. The van der Waals surface area contributed by atoms with Crippen molar-refractivity contribution in [3.63, 3.8) is 0 Å². The van der Waals surface area contributed by atoms with E-state index in [1.54, 1.807) is 6.07 Å². The van der Waals surface area contributed by atoms with Crippen molar-refractivity contribution >= 4 is 29.4 Å². The van der Waals surface area contributed by atoms with E-state index < -0.39 is 18.0 Å². The monoisotopic (exact) mass is 282 g/mol. The number of amides is 2. The zero-order valence-corrected chi connectivity index (χ0v) is 11.8. The summed E-state index contributed by atoms with van der Waals surface area (Å²) >= 11 is 1.51. The van der Waals surface area contributed by atoms with Crippen molar-refractivity contribution in [2.24, 2.45) is 0 Å². The van der Waals surface area contributed by atoms with Gasteiger partial charge in [0.25, 0.3) is 0 Å². The van der Waals surface area contributed by atoms with Gasteiger partial charge >= 0.3 is 12.0 Å². The van der Waals surface area contributed by atoms with E-state index in [-0.39, 0.29) is 0 Å². The number of urea groups is 1. The number of aliphatic carboxylic acids is 1. The number of para-hydroxylation sites is 1. The van der Waals surface area contributed by atoms with Gasteiger partial charge in [0.1, 0.15) is 6.04 Å². The predicted octanol–water partition coefficient (Wildman–Crippen LogP) is 2.78. The summed E-state index contributed by atoms with van der Waals surface area (Å²) in [4.78, 5) is 23.7. The van der Waals surface area contributed by atoms with Gasteiger partial charge in [0.2, 0.25) is 0 Å². The second kappa shape index (κ2) is 7.68. The molecule has 0 aliphatic rings. The number of rotatable bonds is 6. The summed E-state index contributed by atoms with van der Waals surface area (Å²) in [6, 6.07) is 6.01. The first-order valence-corrected chi connectivity index (χ1v) is 7.24. The van der Waals surface area contributed by atoms with Crippen molar-refractivity contribution in [3.8, 4) is 0 Å². The van der Waals surface area contributed by atoms with E-state index in [4.69, 9.17) is 5.11 Å². The number of carboxylic acid groups (broad SMARTS) is 1. The molecule has 1 atom stereocenters. The number of carboxylic acids is 1. The Hall–Kier alpha value is -1.69. The van der Waals surface area contributed by atoms with Crippen LogP contribution >= 0.6 is 11.8 Å². The summed E-state index contributed by atoms with van der Waals surface area (Å²) in [5.41, 5.74) is 0.674. The Balaban J connectivity index is 2.66. The minimum absolute atomic E-state index is 0.410. The summed E-state index contributed by atoms with van der Waals surface area (Å²) < 4.78 is 0. The molecule has 1 aromatic rings. The first-order chi connectivity index (χ1) is 9.08. The fourth-order valence-corrected chi connectivity index (χ4v) is 2.16. The molecule has 0 radical (unpaired) electrons. The average molecular weight is 282 g/mol. The number of hydrogen-bond acceptors (Lipinski definition) is 3. The van der Waals surface area contributed by atoms with Crippen molar-refractivity contribution in [3.05, 3.63) is 24.3 Å². The van der Waals surface area contributed by atoms with Gasteiger partial charge in [0.15, 0.2) is 0 Å². The van der Waals surface area contributed by atoms with Crippen molar-refractivity contribution in [2.45, 2.75) is 30.7 Å². The molecule has 3 N–H and O–H groups in total. The Bertz CT molecular complexity index is 451. The summed E-state index contributed by atoms with van der Waals surface area (Å²) in [5, 5.41) is 14.1. The highest BCUT2D eigenvalue weighted by Gasteiger charge is 2.18. The van der Waals surface area contributed by atoms with Gasteiger partial charge in [0, 0.05) is 4.90 Å². The van der Waals surface area contributed by atoms with Crippen molar-refractivity contribution in [1.29, 1.82) is 0 Å². The smallest absolute Gasteiger partial charge is 0.326 e. The molecular formula is C13H18N2O3S. The van der Waals surface area contributed by atoms with Gasteiger partial charge in [-0.15, -0.1) is 11.8 Å². The Labute approximate surface area is 116 Å². The van der Waals surface area contributed by atoms with E-state index in [9.17, 15) is 9.59 Å². The molecule has 0 fully saturated rings. The fourth-order valence-electron chi connectivity index (χ4n) is 1.61. The topological polar surface area (TPSA) is 78.4 Å². The predicted molar refractivity (Wildman–Crippen MR) is 76.7 cm³/mol. The number of anilines is 1. The number of benzene rings is 1. The molecule has 1 aromatic carbocycles. The molecule has 0 aliphatic heterocycles. The molecule has 0 spiro atoms. The van der Waals surface area contributed by atoms with Crippen LogP contribution in [0, 0.1) is 0 Å². The van der Waals surface area contributed by atoms with Crippen LogP contribution in [-0.2, 0) is 4.79 Å². The highest BCUT2D eigenvalue weighted by atomic mass is 32.2.